The van der Waals surface area contributed by atoms with E-state index in [0.29, 0.717) is 0 Å². The number of anilines is 2. The first-order valence-corrected chi connectivity index (χ1v) is 3.33. The summed E-state index contributed by atoms with van der Waals surface area (Å²) >= 11 is 0. The van der Waals surface area contributed by atoms with Gasteiger partial charge in [-0.1, -0.05) is 10.3 Å². The van der Waals surface area contributed by atoms with Crippen LogP contribution in [0.25, 0.3) is 0 Å². The second-order valence-electron chi connectivity index (χ2n) is 2.38. The summed E-state index contributed by atoms with van der Waals surface area (Å²) in [6.45, 7) is 0. The van der Waals surface area contributed by atoms with Crippen molar-refractivity contribution < 1.29 is 10.4 Å². The molecule has 0 aromatic heterocycles. The molecule has 0 bridgehead atoms. The van der Waals surface area contributed by atoms with Crippen LogP contribution in [-0.2, 0) is 0 Å². The van der Waals surface area contributed by atoms with Gasteiger partial charge in [-0.3, -0.25) is 9.59 Å². The average molecular weight is 198 g/mol. The van der Waals surface area contributed by atoms with Gasteiger partial charge in [0.25, 0.3) is 10.9 Å². The van der Waals surface area contributed by atoms with Crippen LogP contribution >= 0.6 is 0 Å². The van der Waals surface area contributed by atoms with Gasteiger partial charge in [0.15, 0.2) is 10.7 Å². The molecule has 8 heteroatoms. The highest BCUT2D eigenvalue weighted by Gasteiger charge is 2.11. The molecule has 0 saturated heterocycles. The third kappa shape index (κ3) is 1.09. The maximum atomic E-state index is 11.1. The lowest BCUT2D eigenvalue weighted by atomic mass is 10.2. The first-order valence-electron chi connectivity index (χ1n) is 3.33. The summed E-state index contributed by atoms with van der Waals surface area (Å²) in [4.78, 5) is 22.2. The van der Waals surface area contributed by atoms with Crippen molar-refractivity contribution in [3.63, 3.8) is 0 Å². The molecule has 1 rings (SSSR count). The largest absolute Gasteiger partial charge is 0.410 e. The van der Waals surface area contributed by atoms with E-state index in [9.17, 15) is 9.59 Å². The van der Waals surface area contributed by atoms with Gasteiger partial charge >= 0.3 is 0 Å². The van der Waals surface area contributed by atoms with E-state index in [4.69, 9.17) is 21.9 Å². The molecule has 6 N–H and O–H groups in total. The van der Waals surface area contributed by atoms with Crippen LogP contribution < -0.4 is 33.0 Å². The van der Waals surface area contributed by atoms with E-state index >= 15 is 0 Å². The quantitative estimate of drug-likeness (QED) is 0.151. The molecule has 1 aromatic carbocycles. The lowest BCUT2D eigenvalue weighted by Gasteiger charge is -1.96. The number of benzene rings is 1. The Balaban J connectivity index is 4.16. The standard InChI is InChI=1S/C6H6N4O4/c7-1-2(8)4(10-14)6(12)5(11)3(1)9-13/h13-14H,7-8H2. The molecule has 74 valence electrons. The van der Waals surface area contributed by atoms with Crippen LogP contribution in [0.4, 0.5) is 11.4 Å². The number of nitrogens with two attached hydrogens (primary N) is 2. The maximum Gasteiger partial charge on any atom is 0.259 e. The van der Waals surface area contributed by atoms with Crippen molar-refractivity contribution in [2.24, 2.45) is 10.3 Å². The third-order valence-electron chi connectivity index (χ3n) is 1.64. The molecule has 0 aliphatic rings. The van der Waals surface area contributed by atoms with Crippen molar-refractivity contribution >= 4 is 11.4 Å². The van der Waals surface area contributed by atoms with Gasteiger partial charge in [0.05, 0.1) is 11.4 Å². The van der Waals surface area contributed by atoms with Gasteiger partial charge < -0.3 is 21.9 Å². The van der Waals surface area contributed by atoms with Gasteiger partial charge in [-0.2, -0.15) is 0 Å². The van der Waals surface area contributed by atoms with Crippen molar-refractivity contribution in [1.29, 1.82) is 0 Å². The Morgan fingerprint density at radius 2 is 1.14 bits per heavy atom. The second kappa shape index (κ2) is 3.17. The molecule has 0 spiro atoms. The van der Waals surface area contributed by atoms with Gasteiger partial charge in [-0.15, -0.1) is 0 Å². The molecule has 14 heavy (non-hydrogen) atoms. The fraction of sp³-hybridized carbons (Fsp3) is 0. The first kappa shape index (κ1) is 9.71. The summed E-state index contributed by atoms with van der Waals surface area (Å²) in [5.41, 5.74) is 7.36. The molecule has 0 fully saturated rings. The second-order valence-corrected chi connectivity index (χ2v) is 2.38. The molecule has 0 radical (unpaired) electrons. The summed E-state index contributed by atoms with van der Waals surface area (Å²) in [5, 5.41) is 20.5. The molecular formula is C6H6N4O4. The van der Waals surface area contributed by atoms with E-state index < -0.39 is 32.9 Å². The lowest BCUT2D eigenvalue weighted by Crippen LogP contribution is -2.49. The Morgan fingerprint density at radius 1 is 0.857 bits per heavy atom. The Bertz CT molecular complexity index is 529. The average Bonchev–Trinajstić information content (AvgIpc) is 2.17. The third-order valence-corrected chi connectivity index (χ3v) is 1.64. The summed E-state index contributed by atoms with van der Waals surface area (Å²) in [5.74, 6) is 0. The number of nitrogens with zero attached hydrogens (tertiary/aromatic N) is 2. The zero-order valence-corrected chi connectivity index (χ0v) is 6.76. The molecule has 0 aliphatic carbocycles. The van der Waals surface area contributed by atoms with Crippen LogP contribution in [-0.4, -0.2) is 10.4 Å². The summed E-state index contributed by atoms with van der Waals surface area (Å²) in [7, 11) is 0. The smallest absolute Gasteiger partial charge is 0.259 e. The zero-order valence-electron chi connectivity index (χ0n) is 6.76. The fourth-order valence-electron chi connectivity index (χ4n) is 0.913. The normalized spacial score (nSPS) is 13.4. The van der Waals surface area contributed by atoms with Gasteiger partial charge in [-0.25, -0.2) is 0 Å². The lowest BCUT2D eigenvalue weighted by molar-refractivity contribution is 0.298. The number of hydrogen-bond donors (Lipinski definition) is 4. The highest BCUT2D eigenvalue weighted by molar-refractivity contribution is 5.61. The molecule has 8 nitrogen and oxygen atoms in total. The van der Waals surface area contributed by atoms with Crippen molar-refractivity contribution in [3.05, 3.63) is 31.2 Å². The van der Waals surface area contributed by atoms with E-state index in [1.54, 1.807) is 0 Å². The highest BCUT2D eigenvalue weighted by atomic mass is 16.4. The number of rotatable bonds is 0. The van der Waals surface area contributed by atoms with Gasteiger partial charge in [0.1, 0.15) is 0 Å². The van der Waals surface area contributed by atoms with Gasteiger partial charge in [-0.05, 0) is 0 Å². The molecular weight excluding hydrogens is 192 g/mol. The monoisotopic (exact) mass is 198 g/mol. The molecule has 1 aromatic rings. The predicted molar refractivity (Wildman–Crippen MR) is 44.9 cm³/mol. The van der Waals surface area contributed by atoms with E-state index in [2.05, 4.69) is 10.3 Å². The van der Waals surface area contributed by atoms with Crippen molar-refractivity contribution in [1.82, 2.24) is 0 Å². The van der Waals surface area contributed by atoms with Crippen LogP contribution in [0.15, 0.2) is 19.9 Å². The molecule has 0 atom stereocenters. The van der Waals surface area contributed by atoms with E-state index in [-0.39, 0.29) is 0 Å². The van der Waals surface area contributed by atoms with Crippen LogP contribution in [0, 0.1) is 0 Å². The first-order chi connectivity index (χ1) is 6.54. The Labute approximate surface area is 75.7 Å². The zero-order chi connectivity index (χ0) is 10.9. The minimum atomic E-state index is -1.17. The Kier molecular flexibility index (Phi) is 2.19. The molecule has 0 unspecified atom stereocenters. The van der Waals surface area contributed by atoms with Crippen LogP contribution in [0.2, 0.25) is 0 Å². The molecule has 0 saturated carbocycles. The Hall–Kier alpha value is -2.38. The summed E-state index contributed by atoms with van der Waals surface area (Å²) < 4.78 is 0. The van der Waals surface area contributed by atoms with Gasteiger partial charge in [0.2, 0.25) is 0 Å². The van der Waals surface area contributed by atoms with Crippen LogP contribution in [0.1, 0.15) is 0 Å². The molecule has 0 amide bonds. The van der Waals surface area contributed by atoms with Gasteiger partial charge in [0, 0.05) is 0 Å². The van der Waals surface area contributed by atoms with Crippen molar-refractivity contribution in [3.8, 4) is 0 Å². The molecule has 0 heterocycles. The van der Waals surface area contributed by atoms with Crippen molar-refractivity contribution in [2.45, 2.75) is 0 Å². The molecule has 0 aliphatic heterocycles. The Morgan fingerprint density at radius 3 is 1.36 bits per heavy atom. The minimum Gasteiger partial charge on any atom is -0.410 e. The summed E-state index contributed by atoms with van der Waals surface area (Å²) in [6, 6.07) is 0. The fourth-order valence-corrected chi connectivity index (χ4v) is 0.913. The number of hydrogen-bond acceptors (Lipinski definition) is 8. The number of nitrogen functional groups attached to an aromatic ring is 2. The van der Waals surface area contributed by atoms with E-state index in [1.807, 2.05) is 0 Å². The topological polar surface area (TPSA) is 151 Å². The highest BCUT2D eigenvalue weighted by Crippen LogP contribution is 1.95. The van der Waals surface area contributed by atoms with Crippen LogP contribution in [0.5, 0.6) is 0 Å². The predicted octanol–water partition coefficient (Wildman–Crippen LogP) is -2.97. The van der Waals surface area contributed by atoms with Crippen molar-refractivity contribution in [2.75, 3.05) is 11.5 Å². The van der Waals surface area contributed by atoms with Crippen LogP contribution in [0.3, 0.4) is 0 Å². The van der Waals surface area contributed by atoms with E-state index in [0.717, 1.165) is 0 Å². The summed E-state index contributed by atoms with van der Waals surface area (Å²) in [6.07, 6.45) is 0. The maximum absolute atomic E-state index is 11.1. The van der Waals surface area contributed by atoms with E-state index in [1.165, 1.54) is 0 Å². The SMILES string of the molecule is Nc1c(N)c(=NO)c(=O)c(=O)c1=NO. The minimum absolute atomic E-state index is 0.398.